The lowest BCUT2D eigenvalue weighted by atomic mass is 9.91. The second-order valence-electron chi connectivity index (χ2n) is 6.05. The Morgan fingerprint density at radius 1 is 1.45 bits per heavy atom. The lowest BCUT2D eigenvalue weighted by molar-refractivity contribution is 0.165. The number of halogens is 1. The number of nitrogens with zero attached hydrogens (tertiary/aromatic N) is 1. The Labute approximate surface area is 122 Å². The minimum Gasteiger partial charge on any atom is -0.382 e. The quantitative estimate of drug-likeness (QED) is 0.874. The molecular formula is C17H27FN2. The van der Waals surface area contributed by atoms with Crippen molar-refractivity contribution < 1.29 is 4.39 Å². The smallest absolute Gasteiger partial charge is 0.128 e. The van der Waals surface area contributed by atoms with Gasteiger partial charge in [0.2, 0.25) is 0 Å². The van der Waals surface area contributed by atoms with Crippen LogP contribution in [0.4, 0.5) is 10.1 Å². The van der Waals surface area contributed by atoms with Crippen LogP contribution in [0.3, 0.4) is 0 Å². The predicted octanol–water partition coefficient (Wildman–Crippen LogP) is 4.06. The van der Waals surface area contributed by atoms with Crippen molar-refractivity contribution in [2.45, 2.75) is 46.1 Å². The molecule has 0 aromatic heterocycles. The molecule has 3 heteroatoms. The van der Waals surface area contributed by atoms with E-state index in [2.05, 4.69) is 24.1 Å². The van der Waals surface area contributed by atoms with Crippen molar-refractivity contribution in [1.82, 2.24) is 4.90 Å². The van der Waals surface area contributed by atoms with E-state index in [1.165, 1.54) is 38.4 Å². The van der Waals surface area contributed by atoms with Crippen molar-refractivity contribution in [2.24, 2.45) is 5.92 Å². The summed E-state index contributed by atoms with van der Waals surface area (Å²) in [5, 5.41) is 3.52. The van der Waals surface area contributed by atoms with Crippen LogP contribution in [0.5, 0.6) is 0 Å². The molecule has 0 spiro atoms. The minimum atomic E-state index is -0.126. The highest BCUT2D eigenvalue weighted by molar-refractivity contribution is 5.51. The molecular weight excluding hydrogens is 251 g/mol. The first kappa shape index (κ1) is 15.3. The molecule has 2 rings (SSSR count). The lowest BCUT2D eigenvalue weighted by Crippen LogP contribution is -2.42. The van der Waals surface area contributed by atoms with Gasteiger partial charge in [-0.25, -0.2) is 4.39 Å². The van der Waals surface area contributed by atoms with Gasteiger partial charge in [-0.15, -0.1) is 0 Å². The molecule has 1 N–H and O–H groups in total. The molecule has 1 aromatic rings. The number of likely N-dealkylation sites (tertiary alicyclic amines) is 1. The second kappa shape index (κ2) is 7.07. The zero-order chi connectivity index (χ0) is 14.5. The molecule has 2 nitrogen and oxygen atoms in total. The van der Waals surface area contributed by atoms with E-state index >= 15 is 0 Å². The van der Waals surface area contributed by atoms with Crippen LogP contribution >= 0.6 is 0 Å². The maximum atomic E-state index is 13.6. The monoisotopic (exact) mass is 278 g/mol. The van der Waals surface area contributed by atoms with Crippen LogP contribution in [0.15, 0.2) is 18.2 Å². The number of hydrogen-bond acceptors (Lipinski definition) is 2. The Bertz CT molecular complexity index is 431. The van der Waals surface area contributed by atoms with E-state index in [9.17, 15) is 4.39 Å². The number of nitrogens with one attached hydrogen (secondary N) is 1. The van der Waals surface area contributed by atoms with E-state index in [0.717, 1.165) is 17.8 Å². The van der Waals surface area contributed by atoms with E-state index < -0.39 is 0 Å². The van der Waals surface area contributed by atoms with Crippen LogP contribution in [-0.4, -0.2) is 30.6 Å². The van der Waals surface area contributed by atoms with E-state index in [4.69, 9.17) is 0 Å². The highest BCUT2D eigenvalue weighted by atomic mass is 19.1. The number of benzene rings is 1. The fourth-order valence-electron chi connectivity index (χ4n) is 3.15. The number of rotatable bonds is 5. The first-order chi connectivity index (χ1) is 9.61. The summed E-state index contributed by atoms with van der Waals surface area (Å²) in [4.78, 5) is 2.56. The Hall–Kier alpha value is -1.09. The van der Waals surface area contributed by atoms with Gasteiger partial charge in [0.05, 0.1) is 0 Å². The van der Waals surface area contributed by atoms with Gasteiger partial charge in [-0.05, 0) is 64.3 Å². The third kappa shape index (κ3) is 3.72. The van der Waals surface area contributed by atoms with Gasteiger partial charge in [-0.3, -0.25) is 0 Å². The molecule has 1 heterocycles. The molecule has 0 aliphatic carbocycles. The summed E-state index contributed by atoms with van der Waals surface area (Å²) >= 11 is 0. The largest absolute Gasteiger partial charge is 0.382 e. The standard InChI is InChI=1S/C17H27FN2/c1-4-10-20-11-6-7-15(12-20)14(3)19-17-9-5-8-16(18)13(17)2/h5,8-9,14-15,19H,4,6-7,10-12H2,1-3H3. The third-order valence-corrected chi connectivity index (χ3v) is 4.44. The Kier molecular flexibility index (Phi) is 5.41. The SMILES string of the molecule is CCCN1CCCC(C(C)Nc2cccc(F)c2C)C1. The summed E-state index contributed by atoms with van der Waals surface area (Å²) in [5.41, 5.74) is 1.66. The molecule has 1 aliphatic heterocycles. The Morgan fingerprint density at radius 2 is 2.25 bits per heavy atom. The summed E-state index contributed by atoms with van der Waals surface area (Å²) in [6, 6.07) is 5.66. The van der Waals surface area contributed by atoms with Crippen LogP contribution in [0.2, 0.25) is 0 Å². The average molecular weight is 278 g/mol. The topological polar surface area (TPSA) is 15.3 Å². The molecule has 0 amide bonds. The molecule has 0 radical (unpaired) electrons. The summed E-state index contributed by atoms with van der Waals surface area (Å²) in [7, 11) is 0. The van der Waals surface area contributed by atoms with E-state index in [0.29, 0.717) is 12.0 Å². The van der Waals surface area contributed by atoms with E-state index in [1.54, 1.807) is 6.07 Å². The van der Waals surface area contributed by atoms with Crippen LogP contribution < -0.4 is 5.32 Å². The molecule has 1 aliphatic rings. The van der Waals surface area contributed by atoms with Gasteiger partial charge in [0.25, 0.3) is 0 Å². The van der Waals surface area contributed by atoms with Crippen molar-refractivity contribution in [2.75, 3.05) is 25.0 Å². The van der Waals surface area contributed by atoms with Crippen molar-refractivity contribution in [3.8, 4) is 0 Å². The maximum absolute atomic E-state index is 13.6. The fraction of sp³-hybridized carbons (Fsp3) is 0.647. The molecule has 1 saturated heterocycles. The summed E-state index contributed by atoms with van der Waals surface area (Å²) in [6.07, 6.45) is 3.76. The van der Waals surface area contributed by atoms with Crippen molar-refractivity contribution in [1.29, 1.82) is 0 Å². The van der Waals surface area contributed by atoms with Gasteiger partial charge in [0.15, 0.2) is 0 Å². The lowest BCUT2D eigenvalue weighted by Gasteiger charge is -2.36. The van der Waals surface area contributed by atoms with E-state index in [-0.39, 0.29) is 5.82 Å². The summed E-state index contributed by atoms with van der Waals surface area (Å²) in [5.74, 6) is 0.524. The fourth-order valence-corrected chi connectivity index (χ4v) is 3.15. The number of piperidine rings is 1. The van der Waals surface area contributed by atoms with Crippen LogP contribution in [0.25, 0.3) is 0 Å². The van der Waals surface area contributed by atoms with E-state index in [1.807, 2.05) is 13.0 Å². The Balaban J connectivity index is 1.97. The molecule has 0 saturated carbocycles. The molecule has 1 fully saturated rings. The number of anilines is 1. The molecule has 1 aromatic carbocycles. The summed E-state index contributed by atoms with van der Waals surface area (Å²) < 4.78 is 13.6. The normalized spacial score (nSPS) is 21.7. The van der Waals surface area contributed by atoms with Gasteiger partial charge in [0.1, 0.15) is 5.82 Å². The van der Waals surface area contributed by atoms with Gasteiger partial charge >= 0.3 is 0 Å². The van der Waals surface area contributed by atoms with Gasteiger partial charge in [-0.2, -0.15) is 0 Å². The van der Waals surface area contributed by atoms with Crippen molar-refractivity contribution in [3.05, 3.63) is 29.6 Å². The summed E-state index contributed by atoms with van der Waals surface area (Å²) in [6.45, 7) is 9.90. The molecule has 2 unspecified atom stereocenters. The maximum Gasteiger partial charge on any atom is 0.128 e. The molecule has 20 heavy (non-hydrogen) atoms. The van der Waals surface area contributed by atoms with Crippen molar-refractivity contribution in [3.63, 3.8) is 0 Å². The molecule has 112 valence electrons. The average Bonchev–Trinajstić information content (AvgIpc) is 2.44. The van der Waals surface area contributed by atoms with Gasteiger partial charge in [0, 0.05) is 23.8 Å². The third-order valence-electron chi connectivity index (χ3n) is 4.44. The first-order valence-electron chi connectivity index (χ1n) is 7.85. The van der Waals surface area contributed by atoms with Gasteiger partial charge in [-0.1, -0.05) is 13.0 Å². The highest BCUT2D eigenvalue weighted by Crippen LogP contribution is 2.24. The highest BCUT2D eigenvalue weighted by Gasteiger charge is 2.24. The zero-order valence-electron chi connectivity index (χ0n) is 13.0. The molecule has 2 atom stereocenters. The number of hydrogen-bond donors (Lipinski definition) is 1. The Morgan fingerprint density at radius 3 is 3.00 bits per heavy atom. The van der Waals surface area contributed by atoms with Crippen LogP contribution in [-0.2, 0) is 0 Å². The first-order valence-corrected chi connectivity index (χ1v) is 7.85. The van der Waals surface area contributed by atoms with Crippen LogP contribution in [0, 0.1) is 18.7 Å². The van der Waals surface area contributed by atoms with Crippen molar-refractivity contribution >= 4 is 5.69 Å². The van der Waals surface area contributed by atoms with Crippen LogP contribution in [0.1, 0.15) is 38.7 Å². The predicted molar refractivity (Wildman–Crippen MR) is 83.7 cm³/mol. The second-order valence-corrected chi connectivity index (χ2v) is 6.05. The minimum absolute atomic E-state index is 0.126. The zero-order valence-corrected chi connectivity index (χ0v) is 13.0. The van der Waals surface area contributed by atoms with Gasteiger partial charge < -0.3 is 10.2 Å². The molecule has 0 bridgehead atoms.